The minimum Gasteiger partial charge on any atom is -0.357 e. The zero-order valence-electron chi connectivity index (χ0n) is 14.7. The van der Waals surface area contributed by atoms with Gasteiger partial charge in [-0.1, -0.05) is 24.3 Å². The summed E-state index contributed by atoms with van der Waals surface area (Å²) in [4.78, 5) is 23.6. The lowest BCUT2D eigenvalue weighted by molar-refractivity contribution is -0.120. The fraction of sp³-hybridized carbons (Fsp3) is 0.286. The number of pyridine rings is 2. The fourth-order valence-corrected chi connectivity index (χ4v) is 3.44. The van der Waals surface area contributed by atoms with Crippen molar-refractivity contribution in [2.45, 2.75) is 25.8 Å². The summed E-state index contributed by atoms with van der Waals surface area (Å²) in [6.07, 6.45) is 6.37. The molecule has 1 saturated heterocycles. The van der Waals surface area contributed by atoms with E-state index >= 15 is 0 Å². The third kappa shape index (κ3) is 3.67. The zero-order valence-corrected chi connectivity index (χ0v) is 14.7. The van der Waals surface area contributed by atoms with E-state index in [1.807, 2.05) is 42.6 Å². The molecule has 3 aromatic rings. The van der Waals surface area contributed by atoms with Crippen molar-refractivity contribution in [3.8, 4) is 0 Å². The van der Waals surface area contributed by atoms with Crippen LogP contribution in [-0.2, 0) is 17.8 Å². The first-order valence-corrected chi connectivity index (χ1v) is 9.09. The summed E-state index contributed by atoms with van der Waals surface area (Å²) >= 11 is 0. The lowest BCUT2D eigenvalue weighted by atomic mass is 10.1. The Morgan fingerprint density at radius 3 is 2.77 bits per heavy atom. The molecule has 5 nitrogen and oxygen atoms in total. The molecule has 0 atom stereocenters. The van der Waals surface area contributed by atoms with Crippen molar-refractivity contribution < 1.29 is 4.79 Å². The van der Waals surface area contributed by atoms with Gasteiger partial charge in [-0.15, -0.1) is 0 Å². The van der Waals surface area contributed by atoms with Crippen LogP contribution in [0.4, 0.5) is 5.82 Å². The molecule has 1 N–H and O–H groups in total. The maximum Gasteiger partial charge on any atom is 0.224 e. The van der Waals surface area contributed by atoms with Crippen molar-refractivity contribution in [1.29, 1.82) is 0 Å². The van der Waals surface area contributed by atoms with E-state index in [0.29, 0.717) is 13.0 Å². The molecule has 1 aliphatic heterocycles. The van der Waals surface area contributed by atoms with Gasteiger partial charge in [-0.3, -0.25) is 9.78 Å². The second-order valence-corrected chi connectivity index (χ2v) is 6.66. The van der Waals surface area contributed by atoms with E-state index in [1.54, 1.807) is 6.20 Å². The number of fused-ring (bicyclic) bond motifs is 1. The number of nitrogens with one attached hydrogen (secondary N) is 1. The number of carbonyl (C=O) groups is 1. The number of aromatic nitrogens is 2. The number of nitrogens with zero attached hydrogens (tertiary/aromatic N) is 3. The van der Waals surface area contributed by atoms with E-state index in [2.05, 4.69) is 26.3 Å². The number of para-hydroxylation sites is 1. The largest absolute Gasteiger partial charge is 0.357 e. The molecule has 4 rings (SSSR count). The summed E-state index contributed by atoms with van der Waals surface area (Å²) in [5.74, 6) is 1.01. The van der Waals surface area contributed by atoms with Crippen LogP contribution in [0.25, 0.3) is 10.9 Å². The molecule has 26 heavy (non-hydrogen) atoms. The van der Waals surface area contributed by atoms with Crippen molar-refractivity contribution in [2.24, 2.45) is 0 Å². The lowest BCUT2D eigenvalue weighted by Gasteiger charge is -2.17. The summed E-state index contributed by atoms with van der Waals surface area (Å²) in [5.41, 5.74) is 2.92. The van der Waals surface area contributed by atoms with E-state index < -0.39 is 0 Å². The third-order valence-electron chi connectivity index (χ3n) is 4.80. The highest BCUT2D eigenvalue weighted by Gasteiger charge is 2.14. The van der Waals surface area contributed by atoms with Crippen molar-refractivity contribution in [2.75, 3.05) is 18.0 Å². The summed E-state index contributed by atoms with van der Waals surface area (Å²) in [6, 6.07) is 13.9. The molecule has 0 spiro atoms. The molecule has 1 aliphatic rings. The Hall–Kier alpha value is -2.95. The van der Waals surface area contributed by atoms with Gasteiger partial charge in [0.05, 0.1) is 11.9 Å². The van der Waals surface area contributed by atoms with Crippen LogP contribution in [0.2, 0.25) is 0 Å². The highest BCUT2D eigenvalue weighted by atomic mass is 16.1. The molecule has 3 heterocycles. The first kappa shape index (κ1) is 16.5. The normalized spacial score (nSPS) is 13.9. The van der Waals surface area contributed by atoms with E-state index in [-0.39, 0.29) is 5.91 Å². The Kier molecular flexibility index (Phi) is 4.78. The summed E-state index contributed by atoms with van der Waals surface area (Å²) in [7, 11) is 0. The van der Waals surface area contributed by atoms with Crippen LogP contribution in [0.3, 0.4) is 0 Å². The van der Waals surface area contributed by atoms with Crippen molar-refractivity contribution in [1.82, 2.24) is 15.3 Å². The molecule has 0 bridgehead atoms. The molecule has 1 fully saturated rings. The van der Waals surface area contributed by atoms with Crippen LogP contribution < -0.4 is 10.2 Å². The molecular formula is C21H22N4O. The maximum atomic E-state index is 12.4. The van der Waals surface area contributed by atoms with Crippen LogP contribution in [0.5, 0.6) is 0 Å². The Morgan fingerprint density at radius 2 is 1.88 bits per heavy atom. The molecule has 0 aliphatic carbocycles. The molecule has 132 valence electrons. The lowest BCUT2D eigenvalue weighted by Crippen LogP contribution is -2.25. The fourth-order valence-electron chi connectivity index (χ4n) is 3.44. The quantitative estimate of drug-likeness (QED) is 0.771. The van der Waals surface area contributed by atoms with Gasteiger partial charge < -0.3 is 10.2 Å². The molecule has 1 amide bonds. The average Bonchev–Trinajstić information content (AvgIpc) is 3.22. The molecule has 2 aromatic heterocycles. The van der Waals surface area contributed by atoms with Crippen LogP contribution in [0.15, 0.2) is 54.9 Å². The van der Waals surface area contributed by atoms with Gasteiger partial charge in [-0.25, -0.2) is 4.98 Å². The van der Waals surface area contributed by atoms with Gasteiger partial charge in [0.15, 0.2) is 0 Å². The smallest absolute Gasteiger partial charge is 0.224 e. The van der Waals surface area contributed by atoms with E-state index in [1.165, 1.54) is 12.8 Å². The second kappa shape index (κ2) is 7.52. The Bertz CT molecular complexity index is 913. The van der Waals surface area contributed by atoms with Gasteiger partial charge in [0, 0.05) is 37.4 Å². The molecule has 0 radical (unpaired) electrons. The highest BCUT2D eigenvalue weighted by molar-refractivity contribution is 5.87. The van der Waals surface area contributed by atoms with Crippen LogP contribution >= 0.6 is 0 Å². The predicted molar refractivity (Wildman–Crippen MR) is 103 cm³/mol. The van der Waals surface area contributed by atoms with Crippen LogP contribution in [-0.4, -0.2) is 29.0 Å². The van der Waals surface area contributed by atoms with Gasteiger partial charge in [0.2, 0.25) is 5.91 Å². The number of benzene rings is 1. The first-order chi connectivity index (χ1) is 12.8. The number of rotatable bonds is 5. The van der Waals surface area contributed by atoms with Crippen molar-refractivity contribution >= 4 is 22.6 Å². The highest BCUT2D eigenvalue weighted by Crippen LogP contribution is 2.19. The Labute approximate surface area is 153 Å². The maximum absolute atomic E-state index is 12.4. The predicted octanol–water partition coefficient (Wildman–Crippen LogP) is 3.09. The van der Waals surface area contributed by atoms with E-state index in [4.69, 9.17) is 0 Å². The average molecular weight is 346 g/mol. The SMILES string of the molecule is O=C(Cc1cccc2cccnc12)NCc1ccnc(N2CCCC2)c1. The molecular weight excluding hydrogens is 324 g/mol. The summed E-state index contributed by atoms with van der Waals surface area (Å²) in [5, 5.41) is 4.07. The van der Waals surface area contributed by atoms with Gasteiger partial charge in [0.25, 0.3) is 0 Å². The second-order valence-electron chi connectivity index (χ2n) is 6.66. The molecule has 1 aromatic carbocycles. The minimum absolute atomic E-state index is 0.00249. The van der Waals surface area contributed by atoms with Crippen molar-refractivity contribution in [3.05, 3.63) is 66.0 Å². The Balaban J connectivity index is 1.40. The third-order valence-corrected chi connectivity index (χ3v) is 4.80. The number of hydrogen-bond acceptors (Lipinski definition) is 4. The topological polar surface area (TPSA) is 58.1 Å². The minimum atomic E-state index is 0.00249. The van der Waals surface area contributed by atoms with Gasteiger partial charge >= 0.3 is 0 Å². The Morgan fingerprint density at radius 1 is 1.04 bits per heavy atom. The van der Waals surface area contributed by atoms with Gasteiger partial charge in [0.1, 0.15) is 5.82 Å². The summed E-state index contributed by atoms with van der Waals surface area (Å²) in [6.45, 7) is 2.65. The van der Waals surface area contributed by atoms with E-state index in [9.17, 15) is 4.79 Å². The van der Waals surface area contributed by atoms with Gasteiger partial charge in [-0.05, 0) is 42.2 Å². The van der Waals surface area contributed by atoms with E-state index in [0.717, 1.165) is 40.9 Å². The number of hydrogen-bond donors (Lipinski definition) is 1. The molecule has 5 heteroatoms. The first-order valence-electron chi connectivity index (χ1n) is 9.09. The number of carbonyl (C=O) groups excluding carboxylic acids is 1. The number of anilines is 1. The van der Waals surface area contributed by atoms with Gasteiger partial charge in [-0.2, -0.15) is 0 Å². The molecule has 0 saturated carbocycles. The van der Waals surface area contributed by atoms with Crippen LogP contribution in [0, 0.1) is 0 Å². The zero-order chi connectivity index (χ0) is 17.8. The molecule has 0 unspecified atom stereocenters. The van der Waals surface area contributed by atoms with Crippen molar-refractivity contribution in [3.63, 3.8) is 0 Å². The van der Waals surface area contributed by atoms with Crippen LogP contribution in [0.1, 0.15) is 24.0 Å². The monoisotopic (exact) mass is 346 g/mol. The standard InChI is InChI=1S/C21H22N4O/c26-20(14-18-6-3-5-17-7-4-9-23-21(17)18)24-15-16-8-10-22-19(13-16)25-11-1-2-12-25/h3-10,13H,1-2,11-12,14-15H2,(H,24,26). The number of amides is 1. The summed E-state index contributed by atoms with van der Waals surface area (Å²) < 4.78 is 0.